The molecule has 0 spiro atoms. The molecule has 8 heteroatoms. The van der Waals surface area contributed by atoms with Crippen LogP contribution in [0.4, 0.5) is 0 Å². The van der Waals surface area contributed by atoms with Crippen LogP contribution in [0.1, 0.15) is 23.9 Å². The van der Waals surface area contributed by atoms with Crippen LogP contribution in [0.2, 0.25) is 0 Å². The Morgan fingerprint density at radius 2 is 2.13 bits per heavy atom. The van der Waals surface area contributed by atoms with E-state index in [1.165, 1.54) is 11.0 Å². The SMILES string of the molecule is Cn1ccnc1[C@H](NC(=O)CCn1cnnn1)c1ccccc1. The van der Waals surface area contributed by atoms with Crippen LogP contribution in [0.25, 0.3) is 0 Å². The van der Waals surface area contributed by atoms with E-state index in [9.17, 15) is 4.79 Å². The van der Waals surface area contributed by atoms with Gasteiger partial charge in [0.1, 0.15) is 18.2 Å². The molecule has 118 valence electrons. The van der Waals surface area contributed by atoms with Gasteiger partial charge in [-0.15, -0.1) is 5.10 Å². The molecule has 0 bridgehead atoms. The summed E-state index contributed by atoms with van der Waals surface area (Å²) in [6.45, 7) is 0.431. The van der Waals surface area contributed by atoms with Crippen LogP contribution >= 0.6 is 0 Å². The third kappa shape index (κ3) is 3.60. The summed E-state index contributed by atoms with van der Waals surface area (Å²) in [4.78, 5) is 16.7. The molecule has 2 heterocycles. The van der Waals surface area contributed by atoms with Crippen molar-refractivity contribution in [2.75, 3.05) is 0 Å². The number of aromatic nitrogens is 6. The lowest BCUT2D eigenvalue weighted by Gasteiger charge is -2.19. The summed E-state index contributed by atoms with van der Waals surface area (Å²) in [6.07, 6.45) is 5.36. The minimum atomic E-state index is -0.294. The van der Waals surface area contributed by atoms with Crippen molar-refractivity contribution in [2.24, 2.45) is 7.05 Å². The van der Waals surface area contributed by atoms with E-state index in [1.54, 1.807) is 6.20 Å². The number of imidazole rings is 1. The Bertz CT molecular complexity index is 751. The summed E-state index contributed by atoms with van der Waals surface area (Å²) in [5, 5.41) is 13.9. The van der Waals surface area contributed by atoms with E-state index in [1.807, 2.05) is 48.1 Å². The van der Waals surface area contributed by atoms with Crippen molar-refractivity contribution in [1.29, 1.82) is 0 Å². The number of tetrazole rings is 1. The largest absolute Gasteiger partial charge is 0.342 e. The highest BCUT2D eigenvalue weighted by Crippen LogP contribution is 2.20. The van der Waals surface area contributed by atoms with Gasteiger partial charge in [0.2, 0.25) is 5.91 Å². The highest BCUT2D eigenvalue weighted by molar-refractivity contribution is 5.76. The summed E-state index contributed by atoms with van der Waals surface area (Å²) >= 11 is 0. The highest BCUT2D eigenvalue weighted by Gasteiger charge is 2.20. The van der Waals surface area contributed by atoms with Gasteiger partial charge in [-0.05, 0) is 16.0 Å². The number of carbonyl (C=O) groups is 1. The first-order chi connectivity index (χ1) is 11.2. The molecule has 1 N–H and O–H groups in total. The van der Waals surface area contributed by atoms with E-state index < -0.39 is 0 Å². The molecule has 0 aliphatic heterocycles. The number of aryl methyl sites for hydroxylation is 2. The Labute approximate surface area is 133 Å². The molecule has 3 aromatic rings. The molecule has 1 atom stereocenters. The zero-order chi connectivity index (χ0) is 16.1. The lowest BCUT2D eigenvalue weighted by Crippen LogP contribution is -2.31. The molecule has 0 saturated carbocycles. The first kappa shape index (κ1) is 14.9. The van der Waals surface area contributed by atoms with Gasteiger partial charge in [-0.3, -0.25) is 4.79 Å². The maximum absolute atomic E-state index is 12.3. The fraction of sp³-hybridized carbons (Fsp3) is 0.267. The monoisotopic (exact) mass is 311 g/mol. The summed E-state index contributed by atoms with van der Waals surface area (Å²) < 4.78 is 3.43. The van der Waals surface area contributed by atoms with Crippen LogP contribution in [-0.2, 0) is 18.4 Å². The summed E-state index contributed by atoms with van der Waals surface area (Å²) in [5.74, 6) is 0.698. The van der Waals surface area contributed by atoms with E-state index in [4.69, 9.17) is 0 Å². The number of benzene rings is 1. The number of nitrogens with zero attached hydrogens (tertiary/aromatic N) is 6. The Kier molecular flexibility index (Phi) is 4.41. The maximum atomic E-state index is 12.3. The zero-order valence-electron chi connectivity index (χ0n) is 12.7. The first-order valence-corrected chi connectivity index (χ1v) is 7.26. The van der Waals surface area contributed by atoms with Crippen molar-refractivity contribution in [1.82, 2.24) is 35.1 Å². The van der Waals surface area contributed by atoms with E-state index >= 15 is 0 Å². The minimum absolute atomic E-state index is 0.0858. The molecule has 0 fully saturated rings. The van der Waals surface area contributed by atoms with Gasteiger partial charge in [-0.2, -0.15) is 0 Å². The van der Waals surface area contributed by atoms with E-state index in [-0.39, 0.29) is 11.9 Å². The molecular weight excluding hydrogens is 294 g/mol. The molecule has 3 rings (SSSR count). The summed E-state index contributed by atoms with van der Waals surface area (Å²) in [5.41, 5.74) is 0.984. The maximum Gasteiger partial charge on any atom is 0.222 e. The number of amides is 1. The van der Waals surface area contributed by atoms with Crippen LogP contribution in [0.5, 0.6) is 0 Å². The van der Waals surface area contributed by atoms with Gasteiger partial charge >= 0.3 is 0 Å². The topological polar surface area (TPSA) is 90.5 Å². The first-order valence-electron chi connectivity index (χ1n) is 7.26. The number of nitrogens with one attached hydrogen (secondary N) is 1. The molecule has 8 nitrogen and oxygen atoms in total. The number of hydrogen-bond acceptors (Lipinski definition) is 5. The molecule has 23 heavy (non-hydrogen) atoms. The predicted molar refractivity (Wildman–Crippen MR) is 82.1 cm³/mol. The fourth-order valence-corrected chi connectivity index (χ4v) is 2.33. The van der Waals surface area contributed by atoms with Gasteiger partial charge in [0.15, 0.2) is 0 Å². The Morgan fingerprint density at radius 3 is 2.78 bits per heavy atom. The molecule has 1 amide bonds. The van der Waals surface area contributed by atoms with E-state index in [2.05, 4.69) is 25.8 Å². The van der Waals surface area contributed by atoms with Gasteiger partial charge in [0, 0.05) is 25.9 Å². The number of hydrogen-bond donors (Lipinski definition) is 1. The Hall–Kier alpha value is -3.03. The van der Waals surface area contributed by atoms with Crippen LogP contribution in [0.15, 0.2) is 49.1 Å². The third-order valence-electron chi connectivity index (χ3n) is 3.51. The van der Waals surface area contributed by atoms with Gasteiger partial charge in [-0.1, -0.05) is 30.3 Å². The number of carbonyl (C=O) groups excluding carboxylic acids is 1. The smallest absolute Gasteiger partial charge is 0.222 e. The second-order valence-corrected chi connectivity index (χ2v) is 5.13. The van der Waals surface area contributed by atoms with Gasteiger partial charge in [-0.25, -0.2) is 9.67 Å². The molecular formula is C15H17N7O. The fourth-order valence-electron chi connectivity index (χ4n) is 2.33. The standard InChI is InChI=1S/C15H17N7O/c1-21-10-8-16-15(21)14(12-5-3-2-4-6-12)18-13(23)7-9-22-11-17-19-20-22/h2-6,8,10-11,14H,7,9H2,1H3,(H,18,23)/t14-/m1/s1. The van der Waals surface area contributed by atoms with Crippen LogP contribution < -0.4 is 5.32 Å². The van der Waals surface area contributed by atoms with Crippen molar-refractivity contribution >= 4 is 5.91 Å². The predicted octanol–water partition coefficient (Wildman–Crippen LogP) is 0.702. The Morgan fingerprint density at radius 1 is 1.30 bits per heavy atom. The third-order valence-corrected chi connectivity index (χ3v) is 3.51. The molecule has 0 unspecified atom stereocenters. The van der Waals surface area contributed by atoms with Gasteiger partial charge in [0.05, 0.1) is 6.54 Å². The molecule has 0 radical (unpaired) electrons. The van der Waals surface area contributed by atoms with E-state index in [0.29, 0.717) is 13.0 Å². The quantitative estimate of drug-likeness (QED) is 0.724. The minimum Gasteiger partial charge on any atom is -0.342 e. The molecule has 0 aliphatic carbocycles. The van der Waals surface area contributed by atoms with Crippen LogP contribution in [0.3, 0.4) is 0 Å². The van der Waals surface area contributed by atoms with Crippen LogP contribution in [-0.4, -0.2) is 35.7 Å². The second kappa shape index (κ2) is 6.82. The van der Waals surface area contributed by atoms with Crippen molar-refractivity contribution in [3.8, 4) is 0 Å². The van der Waals surface area contributed by atoms with Crippen LogP contribution in [0, 0.1) is 0 Å². The normalized spacial score (nSPS) is 12.0. The lowest BCUT2D eigenvalue weighted by molar-refractivity contribution is -0.121. The molecule has 0 saturated heterocycles. The lowest BCUT2D eigenvalue weighted by atomic mass is 10.1. The average Bonchev–Trinajstić information content (AvgIpc) is 3.23. The van der Waals surface area contributed by atoms with E-state index in [0.717, 1.165) is 11.4 Å². The highest BCUT2D eigenvalue weighted by atomic mass is 16.1. The van der Waals surface area contributed by atoms with Crippen molar-refractivity contribution in [3.63, 3.8) is 0 Å². The molecule has 2 aromatic heterocycles. The number of rotatable bonds is 6. The zero-order valence-corrected chi connectivity index (χ0v) is 12.7. The van der Waals surface area contributed by atoms with Crippen molar-refractivity contribution in [2.45, 2.75) is 19.0 Å². The van der Waals surface area contributed by atoms with Crippen molar-refractivity contribution in [3.05, 3.63) is 60.4 Å². The Balaban J connectivity index is 1.74. The average molecular weight is 311 g/mol. The van der Waals surface area contributed by atoms with Gasteiger partial charge < -0.3 is 9.88 Å². The molecule has 1 aromatic carbocycles. The summed E-state index contributed by atoms with van der Waals surface area (Å²) in [6, 6.07) is 9.48. The second-order valence-electron chi connectivity index (χ2n) is 5.13. The summed E-state index contributed by atoms with van der Waals surface area (Å²) in [7, 11) is 1.91. The van der Waals surface area contributed by atoms with Crippen molar-refractivity contribution < 1.29 is 4.79 Å². The molecule has 0 aliphatic rings. The van der Waals surface area contributed by atoms with Gasteiger partial charge in [0.25, 0.3) is 0 Å².